The number of ether oxygens (including phenoxy) is 1. The average molecular weight is 496 g/mol. The van der Waals surface area contributed by atoms with Crippen molar-refractivity contribution in [1.29, 1.82) is 0 Å². The smallest absolute Gasteiger partial charge is 0.193 e. The van der Waals surface area contributed by atoms with Gasteiger partial charge in [-0.05, 0) is 18.9 Å². The van der Waals surface area contributed by atoms with E-state index in [1.807, 2.05) is 6.92 Å². The van der Waals surface area contributed by atoms with Gasteiger partial charge in [-0.25, -0.2) is 8.78 Å². The van der Waals surface area contributed by atoms with Crippen LogP contribution in [0.15, 0.2) is 23.2 Å². The zero-order valence-corrected chi connectivity index (χ0v) is 18.7. The van der Waals surface area contributed by atoms with Crippen molar-refractivity contribution in [1.82, 2.24) is 15.1 Å². The number of nitrogens with zero attached hydrogens (tertiary/aromatic N) is 3. The molecule has 1 aromatic carbocycles. The van der Waals surface area contributed by atoms with Gasteiger partial charge in [0.2, 0.25) is 0 Å². The number of aliphatic imine (C=N–C) groups is 1. The van der Waals surface area contributed by atoms with Crippen LogP contribution in [-0.2, 0) is 4.74 Å². The fourth-order valence-electron chi connectivity index (χ4n) is 3.44. The van der Waals surface area contributed by atoms with E-state index in [0.29, 0.717) is 5.56 Å². The van der Waals surface area contributed by atoms with E-state index >= 15 is 0 Å². The number of nitrogens with one attached hydrogen (secondary N) is 1. The summed E-state index contributed by atoms with van der Waals surface area (Å²) in [5.74, 6) is -0.106. The molecular weight excluding hydrogens is 465 g/mol. The van der Waals surface area contributed by atoms with Crippen molar-refractivity contribution in [2.75, 3.05) is 53.5 Å². The maximum Gasteiger partial charge on any atom is 0.193 e. The van der Waals surface area contributed by atoms with Crippen LogP contribution in [0.2, 0.25) is 0 Å². The molecule has 0 spiro atoms. The quantitative estimate of drug-likeness (QED) is 0.273. The van der Waals surface area contributed by atoms with Gasteiger partial charge in [-0.1, -0.05) is 13.0 Å². The first-order chi connectivity index (χ1) is 12.6. The number of hydrogen-bond donors (Lipinski definition) is 1. The zero-order valence-electron chi connectivity index (χ0n) is 16.4. The topological polar surface area (TPSA) is 40.1 Å². The van der Waals surface area contributed by atoms with E-state index in [-0.39, 0.29) is 30.0 Å². The first kappa shape index (κ1) is 24.0. The Balaban J connectivity index is 0.00000364. The Morgan fingerprint density at radius 1 is 1.26 bits per heavy atom. The highest BCUT2D eigenvalue weighted by Crippen LogP contribution is 2.28. The summed E-state index contributed by atoms with van der Waals surface area (Å²) in [5.41, 5.74) is 0.574. The molecule has 5 nitrogen and oxygen atoms in total. The summed E-state index contributed by atoms with van der Waals surface area (Å²) in [4.78, 5) is 8.84. The van der Waals surface area contributed by atoms with Gasteiger partial charge in [0.15, 0.2) is 5.96 Å². The highest BCUT2D eigenvalue weighted by molar-refractivity contribution is 14.0. The minimum atomic E-state index is -0.533. The van der Waals surface area contributed by atoms with E-state index in [9.17, 15) is 8.78 Å². The summed E-state index contributed by atoms with van der Waals surface area (Å²) in [6, 6.07) is 3.85. The Morgan fingerprint density at radius 3 is 2.52 bits per heavy atom. The van der Waals surface area contributed by atoms with Gasteiger partial charge in [0.05, 0.1) is 0 Å². The Kier molecular flexibility index (Phi) is 11.1. The molecule has 1 aliphatic rings. The molecule has 1 saturated heterocycles. The minimum Gasteiger partial charge on any atom is -0.385 e. The largest absolute Gasteiger partial charge is 0.385 e. The van der Waals surface area contributed by atoms with Gasteiger partial charge < -0.3 is 15.0 Å². The number of hydrogen-bond acceptors (Lipinski definition) is 3. The Hall–Kier alpha value is -1.00. The van der Waals surface area contributed by atoms with Crippen molar-refractivity contribution in [2.45, 2.75) is 25.8 Å². The molecule has 1 N–H and O–H groups in total. The van der Waals surface area contributed by atoms with Crippen LogP contribution in [0.4, 0.5) is 8.78 Å². The highest BCUT2D eigenvalue weighted by atomic mass is 127. The van der Waals surface area contributed by atoms with E-state index in [1.165, 1.54) is 6.07 Å². The normalized spacial score (nSPS) is 16.8. The molecule has 0 saturated carbocycles. The Bertz CT molecular complexity index is 595. The van der Waals surface area contributed by atoms with Crippen LogP contribution in [0.25, 0.3) is 0 Å². The Labute approximate surface area is 178 Å². The summed E-state index contributed by atoms with van der Waals surface area (Å²) in [7, 11) is 3.48. The average Bonchev–Trinajstić information content (AvgIpc) is 2.65. The lowest BCUT2D eigenvalue weighted by atomic mass is 10.0. The molecule has 1 aromatic rings. The standard InChI is InChI=1S/C19H30F2N4O.HI/c1-4-18(16-7-6-15(20)14-17(16)21)24-9-11-25(12-10-24)19(22-2)23-8-5-13-26-3;/h6-7,14,18H,4-5,8-13H2,1-3H3,(H,22,23);1H. The number of rotatable bonds is 7. The fraction of sp³-hybridized carbons (Fsp3) is 0.632. The lowest BCUT2D eigenvalue weighted by Gasteiger charge is -2.40. The molecule has 0 aromatic heterocycles. The predicted molar refractivity (Wildman–Crippen MR) is 116 cm³/mol. The number of benzene rings is 1. The monoisotopic (exact) mass is 496 g/mol. The van der Waals surface area contributed by atoms with E-state index in [2.05, 4.69) is 20.1 Å². The van der Waals surface area contributed by atoms with Crippen LogP contribution in [-0.4, -0.2) is 69.2 Å². The van der Waals surface area contributed by atoms with Gasteiger partial charge in [0.1, 0.15) is 11.6 Å². The third kappa shape index (κ3) is 6.83. The molecule has 0 bridgehead atoms. The van der Waals surface area contributed by atoms with Crippen LogP contribution in [0, 0.1) is 11.6 Å². The summed E-state index contributed by atoms with van der Waals surface area (Å²) >= 11 is 0. The third-order valence-corrected chi connectivity index (χ3v) is 4.78. The summed E-state index contributed by atoms with van der Waals surface area (Å²) in [6.45, 7) is 6.85. The molecule has 1 unspecified atom stereocenters. The molecule has 0 amide bonds. The van der Waals surface area contributed by atoms with Crippen LogP contribution >= 0.6 is 24.0 Å². The number of methoxy groups -OCH3 is 1. The minimum absolute atomic E-state index is 0. The van der Waals surface area contributed by atoms with Gasteiger partial charge in [0, 0.05) is 71.2 Å². The fourth-order valence-corrected chi connectivity index (χ4v) is 3.44. The van der Waals surface area contributed by atoms with Gasteiger partial charge >= 0.3 is 0 Å². The second-order valence-electron chi connectivity index (χ2n) is 6.43. The van der Waals surface area contributed by atoms with Crippen molar-refractivity contribution in [3.8, 4) is 0 Å². The van der Waals surface area contributed by atoms with E-state index < -0.39 is 11.6 Å². The van der Waals surface area contributed by atoms with Crippen LogP contribution in [0.5, 0.6) is 0 Å². The lowest BCUT2D eigenvalue weighted by molar-refractivity contribution is 0.124. The van der Waals surface area contributed by atoms with Gasteiger partial charge in [-0.3, -0.25) is 9.89 Å². The number of guanidine groups is 1. The van der Waals surface area contributed by atoms with Crippen molar-refractivity contribution < 1.29 is 13.5 Å². The second kappa shape index (κ2) is 12.5. The lowest BCUT2D eigenvalue weighted by Crippen LogP contribution is -2.53. The van der Waals surface area contributed by atoms with Gasteiger partial charge in [-0.2, -0.15) is 0 Å². The molecule has 27 heavy (non-hydrogen) atoms. The first-order valence-corrected chi connectivity index (χ1v) is 9.24. The molecule has 154 valence electrons. The van der Waals surface area contributed by atoms with Crippen molar-refractivity contribution >= 4 is 29.9 Å². The molecule has 1 fully saturated rings. The molecule has 8 heteroatoms. The van der Waals surface area contributed by atoms with Crippen molar-refractivity contribution in [3.05, 3.63) is 35.4 Å². The maximum atomic E-state index is 14.2. The molecule has 1 heterocycles. The van der Waals surface area contributed by atoms with Crippen LogP contribution in [0.3, 0.4) is 0 Å². The number of piperazine rings is 1. The summed E-state index contributed by atoms with van der Waals surface area (Å²) < 4.78 is 32.4. The zero-order chi connectivity index (χ0) is 18.9. The Morgan fingerprint density at radius 2 is 1.96 bits per heavy atom. The van der Waals surface area contributed by atoms with Gasteiger partial charge in [0.25, 0.3) is 0 Å². The molecule has 1 atom stereocenters. The highest BCUT2D eigenvalue weighted by Gasteiger charge is 2.27. The van der Waals surface area contributed by atoms with E-state index in [1.54, 1.807) is 20.2 Å². The van der Waals surface area contributed by atoms with E-state index in [4.69, 9.17) is 4.74 Å². The third-order valence-electron chi connectivity index (χ3n) is 4.78. The maximum absolute atomic E-state index is 14.2. The predicted octanol–water partition coefficient (Wildman–Crippen LogP) is 3.26. The summed E-state index contributed by atoms with van der Waals surface area (Å²) in [6.07, 6.45) is 1.71. The summed E-state index contributed by atoms with van der Waals surface area (Å²) in [5, 5.41) is 3.35. The first-order valence-electron chi connectivity index (χ1n) is 9.24. The van der Waals surface area contributed by atoms with E-state index in [0.717, 1.165) is 64.2 Å². The van der Waals surface area contributed by atoms with Crippen molar-refractivity contribution in [3.63, 3.8) is 0 Å². The van der Waals surface area contributed by atoms with Crippen LogP contribution < -0.4 is 5.32 Å². The molecule has 0 radical (unpaired) electrons. The van der Waals surface area contributed by atoms with Crippen molar-refractivity contribution in [2.24, 2.45) is 4.99 Å². The van der Waals surface area contributed by atoms with Gasteiger partial charge in [-0.15, -0.1) is 24.0 Å². The van der Waals surface area contributed by atoms with Crippen LogP contribution in [0.1, 0.15) is 31.4 Å². The number of halogens is 3. The molecular formula is C19H31F2IN4O. The molecule has 2 rings (SSSR count). The molecule has 0 aliphatic carbocycles. The second-order valence-corrected chi connectivity index (χ2v) is 6.43. The SMILES string of the molecule is CCC(c1ccc(F)cc1F)N1CCN(C(=NC)NCCCOC)CC1.I. The molecule has 1 aliphatic heterocycles.